The van der Waals surface area contributed by atoms with Gasteiger partial charge in [0.15, 0.2) is 0 Å². The maximum atomic E-state index is 11.3. The third kappa shape index (κ3) is 5.23. The summed E-state index contributed by atoms with van der Waals surface area (Å²) >= 11 is 0. The molecule has 3 aromatic rings. The highest BCUT2D eigenvalue weighted by atomic mass is 16.5. The predicted molar refractivity (Wildman–Crippen MR) is 135 cm³/mol. The first kappa shape index (κ1) is 22.4. The van der Waals surface area contributed by atoms with E-state index in [4.69, 9.17) is 4.74 Å². The number of carbonyl (C=O) groups is 1. The minimum atomic E-state index is -0.821. The number of fused-ring (bicyclic) bond motifs is 2. The van der Waals surface area contributed by atoms with E-state index in [-0.39, 0.29) is 6.42 Å². The molecule has 1 fully saturated rings. The number of ether oxygens (including phenoxy) is 1. The van der Waals surface area contributed by atoms with Gasteiger partial charge in [-0.25, -0.2) is 0 Å². The lowest BCUT2D eigenvalue weighted by Gasteiger charge is -2.31. The number of rotatable bonds is 6. The van der Waals surface area contributed by atoms with Crippen molar-refractivity contribution in [2.45, 2.75) is 32.3 Å². The van der Waals surface area contributed by atoms with E-state index in [2.05, 4.69) is 59.5 Å². The fraction of sp³-hybridized carbons (Fsp3) is 0.300. The van der Waals surface area contributed by atoms with Gasteiger partial charge in [-0.3, -0.25) is 9.69 Å². The van der Waals surface area contributed by atoms with Crippen molar-refractivity contribution in [3.05, 3.63) is 107 Å². The van der Waals surface area contributed by atoms with E-state index in [1.807, 2.05) is 24.3 Å². The van der Waals surface area contributed by atoms with Crippen molar-refractivity contribution in [3.8, 4) is 5.75 Å². The maximum absolute atomic E-state index is 11.3. The quantitative estimate of drug-likeness (QED) is 0.528. The van der Waals surface area contributed by atoms with Gasteiger partial charge < -0.3 is 9.84 Å². The lowest BCUT2D eigenvalue weighted by atomic mass is 9.90. The highest BCUT2D eigenvalue weighted by Gasteiger charge is 2.22. The second kappa shape index (κ2) is 10.3. The van der Waals surface area contributed by atoms with Crippen LogP contribution in [-0.2, 0) is 24.2 Å². The largest absolute Gasteiger partial charge is 0.488 e. The molecule has 1 N–H and O–H groups in total. The van der Waals surface area contributed by atoms with Crippen LogP contribution in [0.4, 0.5) is 0 Å². The molecule has 0 radical (unpaired) electrons. The smallest absolute Gasteiger partial charge is 0.307 e. The van der Waals surface area contributed by atoms with Crippen molar-refractivity contribution < 1.29 is 14.6 Å². The molecule has 174 valence electrons. The molecule has 3 aromatic carbocycles. The summed E-state index contributed by atoms with van der Waals surface area (Å²) in [4.78, 5) is 13.8. The van der Waals surface area contributed by atoms with Crippen molar-refractivity contribution >= 4 is 11.5 Å². The molecule has 2 aliphatic heterocycles. The van der Waals surface area contributed by atoms with Crippen molar-refractivity contribution in [1.29, 1.82) is 0 Å². The summed E-state index contributed by atoms with van der Waals surface area (Å²) in [5.41, 5.74) is 6.69. The van der Waals surface area contributed by atoms with Crippen molar-refractivity contribution in [1.82, 2.24) is 4.90 Å². The summed E-state index contributed by atoms with van der Waals surface area (Å²) in [6.07, 6.45) is 5.93. The molecule has 1 saturated heterocycles. The number of carboxylic acids is 1. The molecule has 0 aromatic heterocycles. The Kier molecular flexibility index (Phi) is 6.77. The molecule has 0 spiro atoms. The zero-order valence-electron chi connectivity index (χ0n) is 19.5. The van der Waals surface area contributed by atoms with Crippen LogP contribution in [0, 0.1) is 5.92 Å². The lowest BCUT2D eigenvalue weighted by Crippen LogP contribution is -2.34. The van der Waals surface area contributed by atoms with Gasteiger partial charge in [0.1, 0.15) is 12.4 Å². The molecule has 0 aliphatic carbocycles. The maximum Gasteiger partial charge on any atom is 0.307 e. The number of hydrogen-bond acceptors (Lipinski definition) is 3. The van der Waals surface area contributed by atoms with Crippen molar-refractivity contribution in [2.24, 2.45) is 5.92 Å². The second-order valence-electron chi connectivity index (χ2n) is 9.40. The third-order valence-electron chi connectivity index (χ3n) is 7.01. The summed E-state index contributed by atoms with van der Waals surface area (Å²) in [5.74, 6) is 0.745. The Balaban J connectivity index is 1.35. The minimum absolute atomic E-state index is 0.0110. The Morgan fingerprint density at radius 2 is 1.71 bits per heavy atom. The third-order valence-corrected chi connectivity index (χ3v) is 7.01. The summed E-state index contributed by atoms with van der Waals surface area (Å²) in [6, 6.07) is 24.9. The van der Waals surface area contributed by atoms with Gasteiger partial charge >= 0.3 is 5.97 Å². The molecule has 5 rings (SSSR count). The molecule has 4 heteroatoms. The summed E-state index contributed by atoms with van der Waals surface area (Å²) in [6.45, 7) is 3.60. The van der Waals surface area contributed by atoms with E-state index in [1.165, 1.54) is 30.4 Å². The summed E-state index contributed by atoms with van der Waals surface area (Å²) in [5, 5.41) is 9.29. The van der Waals surface area contributed by atoms with Crippen LogP contribution in [0.5, 0.6) is 5.75 Å². The van der Waals surface area contributed by atoms with Gasteiger partial charge in [0.25, 0.3) is 0 Å². The van der Waals surface area contributed by atoms with Crippen LogP contribution in [0.3, 0.4) is 0 Å². The Labute approximate surface area is 201 Å². The van der Waals surface area contributed by atoms with Crippen LogP contribution >= 0.6 is 0 Å². The van der Waals surface area contributed by atoms with Crippen LogP contribution in [0.25, 0.3) is 5.57 Å². The molecule has 0 bridgehead atoms. The van der Waals surface area contributed by atoms with E-state index in [9.17, 15) is 9.90 Å². The fourth-order valence-electron chi connectivity index (χ4n) is 5.17. The number of benzene rings is 3. The zero-order valence-corrected chi connectivity index (χ0v) is 19.5. The molecule has 0 unspecified atom stereocenters. The number of likely N-dealkylation sites (tertiary alicyclic amines) is 1. The predicted octanol–water partition coefficient (Wildman–Crippen LogP) is 5.59. The Morgan fingerprint density at radius 3 is 2.50 bits per heavy atom. The molecule has 0 atom stereocenters. The van der Waals surface area contributed by atoms with Gasteiger partial charge in [-0.05, 0) is 78.2 Å². The van der Waals surface area contributed by atoms with Crippen LogP contribution in [-0.4, -0.2) is 35.6 Å². The van der Waals surface area contributed by atoms with Crippen LogP contribution in [0.2, 0.25) is 0 Å². The lowest BCUT2D eigenvalue weighted by molar-refractivity contribution is -0.136. The minimum Gasteiger partial charge on any atom is -0.488 e. The monoisotopic (exact) mass is 453 g/mol. The number of carboxylic acid groups (broad SMARTS) is 1. The molecular weight excluding hydrogens is 422 g/mol. The van der Waals surface area contributed by atoms with E-state index in [0.29, 0.717) is 6.61 Å². The first-order valence-corrected chi connectivity index (χ1v) is 12.2. The molecular formula is C30H31NO3. The molecule has 2 heterocycles. The zero-order chi connectivity index (χ0) is 23.3. The van der Waals surface area contributed by atoms with Gasteiger partial charge in [-0.15, -0.1) is 0 Å². The standard InChI is InChI=1S/C30H31NO3/c32-30(33)20-24-10-11-29-28(19-24)27(26-9-5-4-8-25(26)21-34-29)14-17-31-15-12-23(13-16-31)18-22-6-2-1-3-7-22/h1-11,14,19,23H,12-13,15-18,20-21H2,(H,32,33)/b27-14-. The van der Waals surface area contributed by atoms with E-state index < -0.39 is 5.97 Å². The molecule has 0 amide bonds. The number of hydrogen-bond donors (Lipinski definition) is 1. The summed E-state index contributed by atoms with van der Waals surface area (Å²) in [7, 11) is 0. The highest BCUT2D eigenvalue weighted by molar-refractivity contribution is 5.85. The first-order chi connectivity index (χ1) is 16.7. The van der Waals surface area contributed by atoms with Crippen LogP contribution in [0.15, 0.2) is 78.9 Å². The number of nitrogens with zero attached hydrogens (tertiary/aromatic N) is 1. The summed E-state index contributed by atoms with van der Waals surface area (Å²) < 4.78 is 6.13. The number of piperidine rings is 1. The van der Waals surface area contributed by atoms with Crippen LogP contribution < -0.4 is 4.74 Å². The molecule has 2 aliphatic rings. The normalized spacial score (nSPS) is 17.5. The molecule has 0 saturated carbocycles. The van der Waals surface area contributed by atoms with Crippen molar-refractivity contribution in [2.75, 3.05) is 19.6 Å². The van der Waals surface area contributed by atoms with Gasteiger partial charge in [0, 0.05) is 12.1 Å². The van der Waals surface area contributed by atoms with Gasteiger partial charge in [-0.2, -0.15) is 0 Å². The second-order valence-corrected chi connectivity index (χ2v) is 9.40. The van der Waals surface area contributed by atoms with E-state index in [0.717, 1.165) is 53.6 Å². The first-order valence-electron chi connectivity index (χ1n) is 12.2. The average Bonchev–Trinajstić information content (AvgIpc) is 3.00. The van der Waals surface area contributed by atoms with Gasteiger partial charge in [0.05, 0.1) is 6.42 Å². The molecule has 4 nitrogen and oxygen atoms in total. The average molecular weight is 454 g/mol. The highest BCUT2D eigenvalue weighted by Crippen LogP contribution is 2.37. The van der Waals surface area contributed by atoms with E-state index >= 15 is 0 Å². The molecule has 34 heavy (non-hydrogen) atoms. The Hall–Kier alpha value is -3.37. The topological polar surface area (TPSA) is 49.8 Å². The van der Waals surface area contributed by atoms with Gasteiger partial charge in [-0.1, -0.05) is 66.7 Å². The number of aliphatic carboxylic acids is 1. The van der Waals surface area contributed by atoms with Gasteiger partial charge in [0.2, 0.25) is 0 Å². The Bertz CT molecular complexity index is 1180. The van der Waals surface area contributed by atoms with Crippen LogP contribution in [0.1, 0.15) is 40.7 Å². The fourth-order valence-corrected chi connectivity index (χ4v) is 5.17. The van der Waals surface area contributed by atoms with Crippen molar-refractivity contribution in [3.63, 3.8) is 0 Å². The SMILES string of the molecule is O=C(O)Cc1ccc2c(c1)/C(=C\CN1CCC(Cc3ccccc3)CC1)c1ccccc1CO2. The van der Waals surface area contributed by atoms with E-state index in [1.54, 1.807) is 0 Å². The Morgan fingerprint density at radius 1 is 0.941 bits per heavy atom.